The van der Waals surface area contributed by atoms with E-state index in [0.717, 1.165) is 12.3 Å². The topological polar surface area (TPSA) is 35.9 Å². The van der Waals surface area contributed by atoms with Gasteiger partial charge in [-0.25, -0.2) is 4.79 Å². The molecule has 2 amide bonds. The predicted octanol–water partition coefficient (Wildman–Crippen LogP) is 2.44. The fourth-order valence-electron chi connectivity index (χ4n) is 3.52. The Labute approximate surface area is 114 Å². The monoisotopic (exact) mass is 259 g/mol. The molecule has 1 saturated carbocycles. The Bertz CT molecular complexity index is 504. The maximum Gasteiger partial charge on any atom is 0.325 e. The van der Waals surface area contributed by atoms with Gasteiger partial charge in [0, 0.05) is 21.1 Å². The van der Waals surface area contributed by atoms with E-state index in [1.54, 1.807) is 11.9 Å². The second kappa shape index (κ2) is 4.51. The molecular formula is C15H21N3O. The van der Waals surface area contributed by atoms with E-state index in [2.05, 4.69) is 17.1 Å². The lowest BCUT2D eigenvalue weighted by atomic mass is 9.78. The minimum atomic E-state index is 0.0337. The Balaban J connectivity index is 2.03. The predicted molar refractivity (Wildman–Crippen MR) is 76.2 cm³/mol. The van der Waals surface area contributed by atoms with Gasteiger partial charge < -0.3 is 4.90 Å². The number of aliphatic imine (C=N–C) groups is 1. The van der Waals surface area contributed by atoms with Crippen molar-refractivity contribution < 1.29 is 4.79 Å². The van der Waals surface area contributed by atoms with E-state index < -0.39 is 0 Å². The normalized spacial score (nSPS) is 32.8. The molecule has 1 heterocycles. The zero-order valence-corrected chi connectivity index (χ0v) is 11.9. The van der Waals surface area contributed by atoms with Gasteiger partial charge in [-0.05, 0) is 36.8 Å². The first kappa shape index (κ1) is 12.5. The summed E-state index contributed by atoms with van der Waals surface area (Å²) in [7, 11) is 5.48. The van der Waals surface area contributed by atoms with Crippen LogP contribution in [-0.2, 0) is 0 Å². The quantitative estimate of drug-likeness (QED) is 0.658. The highest BCUT2D eigenvalue weighted by molar-refractivity contribution is 6.02. The van der Waals surface area contributed by atoms with E-state index in [1.807, 2.05) is 19.0 Å². The first-order valence-corrected chi connectivity index (χ1v) is 7.02. The number of amides is 2. The Morgan fingerprint density at radius 2 is 1.79 bits per heavy atom. The largest absolute Gasteiger partial charge is 0.325 e. The SMILES string of the molecule is CN=C1[C@H]2C=C3CCCCC3=C[C@H]2N(C)C(=O)N1C. The summed E-state index contributed by atoms with van der Waals surface area (Å²) in [4.78, 5) is 20.1. The van der Waals surface area contributed by atoms with E-state index >= 15 is 0 Å². The summed E-state index contributed by atoms with van der Waals surface area (Å²) in [6.45, 7) is 0. The highest BCUT2D eigenvalue weighted by atomic mass is 16.2. The summed E-state index contributed by atoms with van der Waals surface area (Å²) in [5.74, 6) is 1.11. The minimum Gasteiger partial charge on any atom is -0.320 e. The van der Waals surface area contributed by atoms with Gasteiger partial charge in [-0.1, -0.05) is 12.2 Å². The van der Waals surface area contributed by atoms with Crippen LogP contribution < -0.4 is 0 Å². The van der Waals surface area contributed by atoms with Crippen molar-refractivity contribution in [2.24, 2.45) is 10.9 Å². The molecule has 1 saturated heterocycles. The number of hydrogen-bond donors (Lipinski definition) is 0. The van der Waals surface area contributed by atoms with Gasteiger partial charge in [-0.2, -0.15) is 0 Å². The second-order valence-electron chi connectivity index (χ2n) is 5.64. The fourth-order valence-corrected chi connectivity index (χ4v) is 3.52. The van der Waals surface area contributed by atoms with Gasteiger partial charge in [-0.3, -0.25) is 9.89 Å². The standard InChI is InChI=1S/C15H21N3O/c1-16-14-12-8-10-6-4-5-7-11(10)9-13(12)17(2)15(19)18(14)3/h8-9,12-13H,4-7H2,1-3H3/t12-,13+/m0/s1. The van der Waals surface area contributed by atoms with Crippen LogP contribution in [0.3, 0.4) is 0 Å². The van der Waals surface area contributed by atoms with Crippen molar-refractivity contribution in [1.82, 2.24) is 9.80 Å². The number of rotatable bonds is 0. The van der Waals surface area contributed by atoms with Crippen molar-refractivity contribution in [3.05, 3.63) is 23.3 Å². The molecule has 0 aromatic rings. The average Bonchev–Trinajstić information content (AvgIpc) is 2.44. The number of likely N-dealkylation sites (N-methyl/N-ethyl adjacent to an activating group) is 1. The van der Waals surface area contributed by atoms with Gasteiger partial charge in [-0.15, -0.1) is 0 Å². The van der Waals surface area contributed by atoms with Gasteiger partial charge in [0.15, 0.2) is 0 Å². The number of carbonyl (C=O) groups excluding carboxylic acids is 1. The number of amidine groups is 1. The van der Waals surface area contributed by atoms with Crippen LogP contribution in [0.2, 0.25) is 0 Å². The summed E-state index contributed by atoms with van der Waals surface area (Å²) in [5.41, 5.74) is 2.93. The van der Waals surface area contributed by atoms with E-state index in [4.69, 9.17) is 0 Å². The molecular weight excluding hydrogens is 238 g/mol. The maximum absolute atomic E-state index is 12.2. The molecule has 0 unspecified atom stereocenters. The van der Waals surface area contributed by atoms with Gasteiger partial charge >= 0.3 is 6.03 Å². The number of hydrogen-bond acceptors (Lipinski definition) is 2. The van der Waals surface area contributed by atoms with Crippen LogP contribution in [0.25, 0.3) is 0 Å². The Kier molecular flexibility index (Phi) is 2.96. The smallest absolute Gasteiger partial charge is 0.320 e. The Morgan fingerprint density at radius 3 is 2.42 bits per heavy atom. The van der Waals surface area contributed by atoms with E-state index in [0.29, 0.717) is 0 Å². The van der Waals surface area contributed by atoms with Gasteiger partial charge in [0.05, 0.1) is 12.0 Å². The molecule has 19 heavy (non-hydrogen) atoms. The van der Waals surface area contributed by atoms with Crippen molar-refractivity contribution in [3.8, 4) is 0 Å². The Morgan fingerprint density at radius 1 is 1.16 bits per heavy atom. The molecule has 2 aliphatic carbocycles. The van der Waals surface area contributed by atoms with Crippen LogP contribution in [-0.4, -0.2) is 48.9 Å². The summed E-state index contributed by atoms with van der Waals surface area (Å²) < 4.78 is 0. The van der Waals surface area contributed by atoms with Crippen LogP contribution in [0, 0.1) is 5.92 Å². The van der Waals surface area contributed by atoms with Crippen LogP contribution in [0.1, 0.15) is 25.7 Å². The van der Waals surface area contributed by atoms with Crippen molar-refractivity contribution in [2.75, 3.05) is 21.1 Å². The average molecular weight is 259 g/mol. The summed E-state index contributed by atoms with van der Waals surface area (Å²) in [5, 5.41) is 0. The molecule has 102 valence electrons. The van der Waals surface area contributed by atoms with Crippen LogP contribution >= 0.6 is 0 Å². The van der Waals surface area contributed by atoms with Crippen LogP contribution in [0.15, 0.2) is 28.3 Å². The molecule has 0 bridgehead atoms. The molecule has 3 rings (SSSR count). The zero-order valence-electron chi connectivity index (χ0n) is 11.9. The lowest BCUT2D eigenvalue weighted by molar-refractivity contribution is 0.162. The molecule has 1 aliphatic heterocycles. The number of carbonyl (C=O) groups is 1. The van der Waals surface area contributed by atoms with Crippen molar-refractivity contribution in [2.45, 2.75) is 31.7 Å². The third-order valence-electron chi connectivity index (χ3n) is 4.58. The highest BCUT2D eigenvalue weighted by Gasteiger charge is 2.41. The number of urea groups is 1. The third kappa shape index (κ3) is 1.81. The fraction of sp³-hybridized carbons (Fsp3) is 0.600. The lowest BCUT2D eigenvalue weighted by Crippen LogP contribution is -2.58. The molecule has 2 atom stereocenters. The second-order valence-corrected chi connectivity index (χ2v) is 5.64. The molecule has 0 aromatic heterocycles. The minimum absolute atomic E-state index is 0.0337. The molecule has 2 fully saturated rings. The van der Waals surface area contributed by atoms with Crippen LogP contribution in [0.4, 0.5) is 4.79 Å². The molecule has 0 N–H and O–H groups in total. The first-order chi connectivity index (χ1) is 9.13. The molecule has 4 nitrogen and oxygen atoms in total. The molecule has 4 heteroatoms. The van der Waals surface area contributed by atoms with Crippen molar-refractivity contribution >= 4 is 11.9 Å². The lowest BCUT2D eigenvalue weighted by Gasteiger charge is -2.44. The van der Waals surface area contributed by atoms with Crippen molar-refractivity contribution in [3.63, 3.8) is 0 Å². The third-order valence-corrected chi connectivity index (χ3v) is 4.58. The molecule has 3 aliphatic rings. The number of fused-ring (bicyclic) bond motifs is 2. The maximum atomic E-state index is 12.2. The number of allylic oxidation sites excluding steroid dienone is 2. The first-order valence-electron chi connectivity index (χ1n) is 7.02. The number of nitrogens with zero attached hydrogens (tertiary/aromatic N) is 3. The summed E-state index contributed by atoms with van der Waals surface area (Å²) in [6.07, 6.45) is 9.53. The molecule has 0 aromatic carbocycles. The van der Waals surface area contributed by atoms with E-state index in [-0.39, 0.29) is 18.0 Å². The van der Waals surface area contributed by atoms with Gasteiger partial charge in [0.1, 0.15) is 5.84 Å². The van der Waals surface area contributed by atoms with E-state index in [9.17, 15) is 4.79 Å². The highest BCUT2D eigenvalue weighted by Crippen LogP contribution is 2.38. The van der Waals surface area contributed by atoms with E-state index in [1.165, 1.54) is 30.4 Å². The summed E-state index contributed by atoms with van der Waals surface area (Å²) >= 11 is 0. The van der Waals surface area contributed by atoms with Crippen molar-refractivity contribution in [1.29, 1.82) is 0 Å². The van der Waals surface area contributed by atoms with Crippen LogP contribution in [0.5, 0.6) is 0 Å². The van der Waals surface area contributed by atoms with Gasteiger partial charge in [0.25, 0.3) is 0 Å². The molecule has 0 radical (unpaired) electrons. The molecule has 0 spiro atoms. The summed E-state index contributed by atoms with van der Waals surface area (Å²) in [6, 6.07) is 0.172. The zero-order chi connectivity index (χ0) is 13.6. The Hall–Kier alpha value is -1.58. The van der Waals surface area contributed by atoms with Gasteiger partial charge in [0.2, 0.25) is 0 Å².